The number of fused-ring (bicyclic) bond motifs is 3. The first-order chi connectivity index (χ1) is 15.8. The monoisotopic (exact) mass is 454 g/mol. The topological polar surface area (TPSA) is 125 Å². The van der Waals surface area contributed by atoms with Gasteiger partial charge in [0.05, 0.1) is 0 Å². The number of carbonyl (C=O) groups is 3. The minimum absolute atomic E-state index is 0.0706. The normalized spacial score (nSPS) is 14.2. The molecule has 0 unspecified atom stereocenters. The fourth-order valence-electron chi connectivity index (χ4n) is 4.08. The third-order valence-corrected chi connectivity index (χ3v) is 5.91. The molecule has 1 aliphatic rings. The van der Waals surface area contributed by atoms with Crippen LogP contribution in [0.2, 0.25) is 0 Å². The van der Waals surface area contributed by atoms with E-state index in [4.69, 9.17) is 14.9 Å². The van der Waals surface area contributed by atoms with Gasteiger partial charge in [0.1, 0.15) is 12.6 Å². The van der Waals surface area contributed by atoms with Crippen LogP contribution in [0.4, 0.5) is 4.79 Å². The number of benzene rings is 2. The Labute approximate surface area is 193 Å². The van der Waals surface area contributed by atoms with Crippen molar-refractivity contribution in [3.8, 4) is 11.1 Å². The number of hydrogen-bond acceptors (Lipinski definition) is 5. The fraction of sp³-hybridized carbons (Fsp3) is 0.400. The summed E-state index contributed by atoms with van der Waals surface area (Å²) in [5.41, 5.74) is 4.48. The number of carboxylic acid groups (broad SMARTS) is 1. The molecule has 0 aliphatic heterocycles. The van der Waals surface area contributed by atoms with Gasteiger partial charge in [0, 0.05) is 31.4 Å². The van der Waals surface area contributed by atoms with Crippen molar-refractivity contribution in [3.63, 3.8) is 0 Å². The van der Waals surface area contributed by atoms with Gasteiger partial charge in [-0.2, -0.15) is 0 Å². The van der Waals surface area contributed by atoms with Gasteiger partial charge in [0.2, 0.25) is 5.91 Å². The second-order valence-corrected chi connectivity index (χ2v) is 8.50. The molecule has 4 N–H and O–H groups in total. The standard InChI is InChI=1S/C25H30N2O6/c1-15(2)22(13-23(29)26-21(11-12-28)24(30)31)27-25(32)33-14-20-18-9-5-3-7-16(18)17-8-4-6-10-19(17)20/h3-10,15,20-22,28H,11-14H2,1-2H3,(H,26,29)(H,27,32)(H,30,31)/t21-,22+/m0/s1. The number of alkyl carbamates (subject to hydrolysis) is 1. The van der Waals surface area contributed by atoms with Crippen molar-refractivity contribution >= 4 is 18.0 Å². The maximum absolute atomic E-state index is 12.6. The number of carboxylic acids is 1. The summed E-state index contributed by atoms with van der Waals surface area (Å²) in [5, 5.41) is 23.2. The van der Waals surface area contributed by atoms with Gasteiger partial charge in [0.25, 0.3) is 0 Å². The molecule has 2 aromatic carbocycles. The minimum Gasteiger partial charge on any atom is -0.480 e. The van der Waals surface area contributed by atoms with Crippen molar-refractivity contribution in [2.45, 2.75) is 44.7 Å². The molecular formula is C25H30N2O6. The number of ether oxygens (including phenoxy) is 1. The van der Waals surface area contributed by atoms with Crippen molar-refractivity contribution in [1.29, 1.82) is 0 Å². The summed E-state index contributed by atoms with van der Waals surface area (Å²) < 4.78 is 5.55. The quantitative estimate of drug-likeness (QED) is 0.438. The second-order valence-electron chi connectivity index (χ2n) is 8.50. The Hall–Kier alpha value is -3.39. The van der Waals surface area contributed by atoms with Gasteiger partial charge in [-0.15, -0.1) is 0 Å². The highest BCUT2D eigenvalue weighted by Gasteiger charge is 2.30. The van der Waals surface area contributed by atoms with E-state index in [9.17, 15) is 14.4 Å². The van der Waals surface area contributed by atoms with E-state index >= 15 is 0 Å². The molecule has 0 aromatic heterocycles. The van der Waals surface area contributed by atoms with Crippen LogP contribution < -0.4 is 10.6 Å². The lowest BCUT2D eigenvalue weighted by Crippen LogP contribution is -2.46. The number of aliphatic carboxylic acids is 1. The van der Waals surface area contributed by atoms with Crippen LogP contribution in [0, 0.1) is 5.92 Å². The Morgan fingerprint density at radius 3 is 2.06 bits per heavy atom. The SMILES string of the molecule is CC(C)[C@@H](CC(=O)N[C@@H](CCO)C(=O)O)NC(=O)OCC1c2ccccc2-c2ccccc21. The zero-order valence-corrected chi connectivity index (χ0v) is 18.8. The van der Waals surface area contributed by atoms with Crippen LogP contribution in [0.3, 0.4) is 0 Å². The van der Waals surface area contributed by atoms with Crippen LogP contribution in [0.5, 0.6) is 0 Å². The molecule has 8 heteroatoms. The molecule has 8 nitrogen and oxygen atoms in total. The molecule has 0 spiro atoms. The molecule has 2 atom stereocenters. The molecule has 0 radical (unpaired) electrons. The van der Waals surface area contributed by atoms with Gasteiger partial charge < -0.3 is 25.6 Å². The molecule has 1 aliphatic carbocycles. The number of aliphatic hydroxyl groups excluding tert-OH is 1. The third kappa shape index (κ3) is 5.90. The average Bonchev–Trinajstić information content (AvgIpc) is 3.10. The van der Waals surface area contributed by atoms with Crippen LogP contribution in [0.1, 0.15) is 43.7 Å². The maximum atomic E-state index is 12.6. The van der Waals surface area contributed by atoms with Gasteiger partial charge in [-0.25, -0.2) is 9.59 Å². The molecule has 2 amide bonds. The van der Waals surface area contributed by atoms with Crippen molar-refractivity contribution in [3.05, 3.63) is 59.7 Å². The Morgan fingerprint density at radius 1 is 0.970 bits per heavy atom. The predicted molar refractivity (Wildman–Crippen MR) is 123 cm³/mol. The highest BCUT2D eigenvalue weighted by atomic mass is 16.5. The molecule has 0 bridgehead atoms. The van der Waals surface area contributed by atoms with Crippen LogP contribution in [-0.4, -0.2) is 53.5 Å². The zero-order chi connectivity index (χ0) is 24.0. The van der Waals surface area contributed by atoms with Crippen LogP contribution in [0.15, 0.2) is 48.5 Å². The van der Waals surface area contributed by atoms with Crippen molar-refractivity contribution in [2.24, 2.45) is 5.92 Å². The third-order valence-electron chi connectivity index (χ3n) is 5.91. The molecule has 0 heterocycles. The molecule has 2 aromatic rings. The largest absolute Gasteiger partial charge is 0.480 e. The predicted octanol–water partition coefficient (Wildman–Crippen LogP) is 2.89. The minimum atomic E-state index is -1.22. The lowest BCUT2D eigenvalue weighted by Gasteiger charge is -2.23. The number of rotatable bonds is 10. The first-order valence-corrected chi connectivity index (χ1v) is 11.1. The molecule has 3 rings (SSSR count). The summed E-state index contributed by atoms with van der Waals surface area (Å²) in [4.78, 5) is 36.1. The summed E-state index contributed by atoms with van der Waals surface area (Å²) >= 11 is 0. The zero-order valence-electron chi connectivity index (χ0n) is 18.8. The van der Waals surface area contributed by atoms with E-state index in [-0.39, 0.29) is 37.9 Å². The summed E-state index contributed by atoms with van der Waals surface area (Å²) in [6, 6.07) is 14.4. The van der Waals surface area contributed by atoms with E-state index in [0.29, 0.717) is 0 Å². The summed E-state index contributed by atoms with van der Waals surface area (Å²) in [6.07, 6.45) is -0.821. The smallest absolute Gasteiger partial charge is 0.407 e. The Kier molecular flexibility index (Phi) is 8.06. The first kappa shape index (κ1) is 24.3. The van der Waals surface area contributed by atoms with Crippen LogP contribution in [-0.2, 0) is 14.3 Å². The van der Waals surface area contributed by atoms with E-state index < -0.39 is 30.1 Å². The van der Waals surface area contributed by atoms with Crippen LogP contribution in [0.25, 0.3) is 11.1 Å². The van der Waals surface area contributed by atoms with Gasteiger partial charge in [-0.3, -0.25) is 4.79 Å². The van der Waals surface area contributed by atoms with E-state index in [1.54, 1.807) is 0 Å². The number of hydrogen-bond donors (Lipinski definition) is 4. The fourth-order valence-corrected chi connectivity index (χ4v) is 4.08. The Balaban J connectivity index is 1.60. The van der Waals surface area contributed by atoms with Gasteiger partial charge in [-0.1, -0.05) is 62.4 Å². The number of nitrogens with one attached hydrogen (secondary N) is 2. The molecule has 0 saturated carbocycles. The van der Waals surface area contributed by atoms with Gasteiger partial charge in [0.15, 0.2) is 0 Å². The summed E-state index contributed by atoms with van der Waals surface area (Å²) in [5.74, 6) is -1.90. The molecular weight excluding hydrogens is 424 g/mol. The summed E-state index contributed by atoms with van der Waals surface area (Å²) in [6.45, 7) is 3.51. The van der Waals surface area contributed by atoms with Crippen molar-refractivity contribution in [1.82, 2.24) is 10.6 Å². The van der Waals surface area contributed by atoms with E-state index in [1.807, 2.05) is 50.2 Å². The molecule has 0 fully saturated rings. The molecule has 33 heavy (non-hydrogen) atoms. The Bertz CT molecular complexity index is 960. The average molecular weight is 455 g/mol. The lowest BCUT2D eigenvalue weighted by atomic mass is 9.98. The second kappa shape index (κ2) is 11.0. The Morgan fingerprint density at radius 2 is 1.55 bits per heavy atom. The lowest BCUT2D eigenvalue weighted by molar-refractivity contribution is -0.142. The molecule has 0 saturated heterocycles. The van der Waals surface area contributed by atoms with Crippen LogP contribution >= 0.6 is 0 Å². The van der Waals surface area contributed by atoms with Crippen molar-refractivity contribution in [2.75, 3.05) is 13.2 Å². The highest BCUT2D eigenvalue weighted by Crippen LogP contribution is 2.44. The number of aliphatic hydroxyl groups is 1. The first-order valence-electron chi connectivity index (χ1n) is 11.1. The van der Waals surface area contributed by atoms with Gasteiger partial charge >= 0.3 is 12.1 Å². The summed E-state index contributed by atoms with van der Waals surface area (Å²) in [7, 11) is 0. The maximum Gasteiger partial charge on any atom is 0.407 e. The highest BCUT2D eigenvalue weighted by molar-refractivity contribution is 5.84. The van der Waals surface area contributed by atoms with Crippen molar-refractivity contribution < 1.29 is 29.3 Å². The van der Waals surface area contributed by atoms with E-state index in [2.05, 4.69) is 22.8 Å². The van der Waals surface area contributed by atoms with E-state index in [0.717, 1.165) is 22.3 Å². The van der Waals surface area contributed by atoms with Gasteiger partial charge in [-0.05, 0) is 28.2 Å². The van der Waals surface area contributed by atoms with E-state index in [1.165, 1.54) is 0 Å². The number of amides is 2. The number of carbonyl (C=O) groups excluding carboxylic acids is 2. The molecule has 176 valence electrons.